The molecule has 30 heavy (non-hydrogen) atoms. The van der Waals surface area contributed by atoms with Crippen LogP contribution in [0.3, 0.4) is 0 Å². The van der Waals surface area contributed by atoms with Gasteiger partial charge in [-0.15, -0.1) is 10.2 Å². The molecule has 154 valence electrons. The van der Waals surface area contributed by atoms with E-state index in [9.17, 15) is 0 Å². The molecular formula is C23H26N6O. The average molecular weight is 403 g/mol. The standard InChI is InChI=1S/C23H26N6O/c1-15(2)28-13-10-19(11-14-28)30-18-8-6-17(7-9-18)21-20-5-4-12-24-22(20)23-26-25-16(3)29(23)27-21/h4-9,12,15,19H,10-11,13-14H2,1-3H3. The second-order valence-electron chi connectivity index (χ2n) is 8.20. The van der Waals surface area contributed by atoms with Crippen LogP contribution in [0.1, 0.15) is 32.5 Å². The van der Waals surface area contributed by atoms with Crippen molar-refractivity contribution in [1.29, 1.82) is 0 Å². The summed E-state index contributed by atoms with van der Waals surface area (Å²) < 4.78 is 8.02. The van der Waals surface area contributed by atoms with E-state index in [-0.39, 0.29) is 6.10 Å². The van der Waals surface area contributed by atoms with Gasteiger partial charge in [-0.05, 0) is 70.0 Å². The number of aromatic nitrogens is 5. The number of fused-ring (bicyclic) bond motifs is 3. The first-order chi connectivity index (χ1) is 14.6. The third-order valence-corrected chi connectivity index (χ3v) is 5.91. The molecule has 7 heteroatoms. The molecule has 4 aromatic rings. The molecule has 0 aliphatic carbocycles. The van der Waals surface area contributed by atoms with E-state index in [1.54, 1.807) is 10.7 Å². The van der Waals surface area contributed by atoms with E-state index in [2.05, 4.69) is 46.1 Å². The predicted molar refractivity (Wildman–Crippen MR) is 117 cm³/mol. The normalized spacial score (nSPS) is 16.0. The summed E-state index contributed by atoms with van der Waals surface area (Å²) in [5.74, 6) is 1.65. The Labute approximate surface area is 175 Å². The fraction of sp³-hybridized carbons (Fsp3) is 0.391. The van der Waals surface area contributed by atoms with Gasteiger partial charge in [-0.2, -0.15) is 9.61 Å². The van der Waals surface area contributed by atoms with Crippen LogP contribution in [0.25, 0.3) is 27.8 Å². The fourth-order valence-electron chi connectivity index (χ4n) is 4.16. The zero-order valence-corrected chi connectivity index (χ0v) is 17.6. The zero-order chi connectivity index (χ0) is 20.7. The van der Waals surface area contributed by atoms with E-state index < -0.39 is 0 Å². The summed E-state index contributed by atoms with van der Waals surface area (Å²) in [6.07, 6.45) is 4.20. The van der Waals surface area contributed by atoms with Crippen LogP contribution < -0.4 is 4.74 Å². The number of aryl methyl sites for hydroxylation is 1. The Balaban J connectivity index is 1.42. The largest absolute Gasteiger partial charge is 0.490 e. The van der Waals surface area contributed by atoms with E-state index in [0.29, 0.717) is 11.7 Å². The molecular weight excluding hydrogens is 376 g/mol. The van der Waals surface area contributed by atoms with Crippen molar-refractivity contribution in [1.82, 2.24) is 29.7 Å². The highest BCUT2D eigenvalue weighted by Gasteiger charge is 2.22. The van der Waals surface area contributed by atoms with Gasteiger partial charge in [0.15, 0.2) is 5.82 Å². The van der Waals surface area contributed by atoms with Crippen molar-refractivity contribution in [3.8, 4) is 17.0 Å². The van der Waals surface area contributed by atoms with E-state index >= 15 is 0 Å². The molecule has 4 heterocycles. The quantitative estimate of drug-likeness (QED) is 0.516. The number of piperidine rings is 1. The average Bonchev–Trinajstić information content (AvgIpc) is 3.15. The van der Waals surface area contributed by atoms with E-state index in [0.717, 1.165) is 59.7 Å². The molecule has 7 nitrogen and oxygen atoms in total. The van der Waals surface area contributed by atoms with Crippen LogP contribution in [0.4, 0.5) is 0 Å². The van der Waals surface area contributed by atoms with Crippen molar-refractivity contribution in [3.63, 3.8) is 0 Å². The Bertz CT molecular complexity index is 1180. The number of benzene rings is 1. The van der Waals surface area contributed by atoms with Crippen LogP contribution in [0.5, 0.6) is 5.75 Å². The van der Waals surface area contributed by atoms with Crippen LogP contribution in [0.2, 0.25) is 0 Å². The molecule has 0 atom stereocenters. The monoisotopic (exact) mass is 402 g/mol. The van der Waals surface area contributed by atoms with Crippen molar-refractivity contribution in [2.75, 3.05) is 13.1 Å². The minimum Gasteiger partial charge on any atom is -0.490 e. The Morgan fingerprint density at radius 2 is 1.80 bits per heavy atom. The molecule has 1 aliphatic rings. The number of rotatable bonds is 4. The summed E-state index contributed by atoms with van der Waals surface area (Å²) in [6.45, 7) is 8.61. The zero-order valence-electron chi connectivity index (χ0n) is 17.6. The first kappa shape index (κ1) is 18.9. The third kappa shape index (κ3) is 3.39. The highest BCUT2D eigenvalue weighted by atomic mass is 16.5. The maximum atomic E-state index is 6.25. The smallest absolute Gasteiger partial charge is 0.204 e. The Morgan fingerprint density at radius 1 is 1.03 bits per heavy atom. The molecule has 0 bridgehead atoms. The van der Waals surface area contributed by atoms with Crippen molar-refractivity contribution < 1.29 is 4.74 Å². The lowest BCUT2D eigenvalue weighted by Crippen LogP contribution is -2.41. The van der Waals surface area contributed by atoms with Crippen LogP contribution in [0.15, 0.2) is 42.6 Å². The molecule has 5 rings (SSSR count). The topological polar surface area (TPSA) is 68.4 Å². The molecule has 3 aromatic heterocycles. The summed E-state index contributed by atoms with van der Waals surface area (Å²) in [7, 11) is 0. The SMILES string of the molecule is Cc1nnc2c3ncccc3c(-c3ccc(OC4CCN(C(C)C)CC4)cc3)nn12. The molecule has 1 saturated heterocycles. The molecule has 0 radical (unpaired) electrons. The molecule has 0 amide bonds. The third-order valence-electron chi connectivity index (χ3n) is 5.91. The van der Waals surface area contributed by atoms with Crippen molar-refractivity contribution in [2.45, 2.75) is 45.8 Å². The van der Waals surface area contributed by atoms with Gasteiger partial charge >= 0.3 is 0 Å². The number of nitrogens with zero attached hydrogens (tertiary/aromatic N) is 6. The molecule has 1 aromatic carbocycles. The molecule has 0 N–H and O–H groups in total. The molecule has 1 fully saturated rings. The summed E-state index contributed by atoms with van der Waals surface area (Å²) in [6, 6.07) is 12.8. The summed E-state index contributed by atoms with van der Waals surface area (Å²) >= 11 is 0. The first-order valence-electron chi connectivity index (χ1n) is 10.6. The van der Waals surface area contributed by atoms with Gasteiger partial charge < -0.3 is 9.64 Å². The van der Waals surface area contributed by atoms with Gasteiger partial charge in [-0.1, -0.05) is 0 Å². The molecule has 0 saturated carbocycles. The fourth-order valence-corrected chi connectivity index (χ4v) is 4.16. The first-order valence-corrected chi connectivity index (χ1v) is 10.6. The number of hydrogen-bond acceptors (Lipinski definition) is 6. The lowest BCUT2D eigenvalue weighted by atomic mass is 10.1. The van der Waals surface area contributed by atoms with Crippen LogP contribution in [0, 0.1) is 6.92 Å². The predicted octanol–water partition coefficient (Wildman–Crippen LogP) is 3.90. The van der Waals surface area contributed by atoms with Crippen LogP contribution in [-0.4, -0.2) is 54.9 Å². The summed E-state index contributed by atoms with van der Waals surface area (Å²) in [5.41, 5.74) is 3.37. The summed E-state index contributed by atoms with van der Waals surface area (Å²) in [5, 5.41) is 14.2. The number of pyridine rings is 1. The highest BCUT2D eigenvalue weighted by molar-refractivity contribution is 5.98. The van der Waals surface area contributed by atoms with Gasteiger partial charge in [0.25, 0.3) is 0 Å². The Morgan fingerprint density at radius 3 is 2.53 bits per heavy atom. The maximum absolute atomic E-state index is 6.25. The Kier molecular flexibility index (Phi) is 4.83. The van der Waals surface area contributed by atoms with Crippen molar-refractivity contribution in [2.24, 2.45) is 0 Å². The van der Waals surface area contributed by atoms with E-state index in [4.69, 9.17) is 9.84 Å². The van der Waals surface area contributed by atoms with Gasteiger partial charge in [-0.3, -0.25) is 4.98 Å². The van der Waals surface area contributed by atoms with Crippen molar-refractivity contribution in [3.05, 3.63) is 48.4 Å². The lowest BCUT2D eigenvalue weighted by Gasteiger charge is -2.34. The minimum atomic E-state index is 0.282. The van der Waals surface area contributed by atoms with Crippen LogP contribution in [-0.2, 0) is 0 Å². The van der Waals surface area contributed by atoms with E-state index in [1.165, 1.54) is 0 Å². The maximum Gasteiger partial charge on any atom is 0.204 e. The van der Waals surface area contributed by atoms with Gasteiger partial charge in [0, 0.05) is 36.3 Å². The van der Waals surface area contributed by atoms with Gasteiger partial charge in [0.1, 0.15) is 23.1 Å². The van der Waals surface area contributed by atoms with Gasteiger partial charge in [0.05, 0.1) is 0 Å². The van der Waals surface area contributed by atoms with Gasteiger partial charge in [0.2, 0.25) is 5.65 Å². The van der Waals surface area contributed by atoms with Crippen molar-refractivity contribution >= 4 is 16.6 Å². The molecule has 0 unspecified atom stereocenters. The van der Waals surface area contributed by atoms with Crippen LogP contribution >= 0.6 is 0 Å². The summed E-state index contributed by atoms with van der Waals surface area (Å²) in [4.78, 5) is 7.04. The van der Waals surface area contributed by atoms with E-state index in [1.807, 2.05) is 31.2 Å². The number of ether oxygens (including phenoxy) is 1. The highest BCUT2D eigenvalue weighted by Crippen LogP contribution is 2.29. The molecule has 0 spiro atoms. The lowest BCUT2D eigenvalue weighted by molar-refractivity contribution is 0.0843. The molecule has 1 aliphatic heterocycles. The second kappa shape index (κ2) is 7.65. The van der Waals surface area contributed by atoms with Gasteiger partial charge in [-0.25, -0.2) is 0 Å². The minimum absolute atomic E-state index is 0.282. The second-order valence-corrected chi connectivity index (χ2v) is 8.20. The number of likely N-dealkylation sites (tertiary alicyclic amines) is 1. The Hall–Kier alpha value is -3.06. The number of hydrogen-bond donors (Lipinski definition) is 0.